The van der Waals surface area contributed by atoms with Gasteiger partial charge in [-0.05, 0) is 50.7 Å². The number of benzene rings is 3. The van der Waals surface area contributed by atoms with Gasteiger partial charge >= 0.3 is 0 Å². The molecule has 0 atom stereocenters. The van der Waals surface area contributed by atoms with Crippen LogP contribution in [-0.2, 0) is 17.7 Å². The van der Waals surface area contributed by atoms with Crippen molar-refractivity contribution in [3.8, 4) is 22.9 Å². The Morgan fingerprint density at radius 3 is 2.26 bits per heavy atom. The minimum absolute atomic E-state index is 0.480. The number of aromatic nitrogens is 2. The van der Waals surface area contributed by atoms with Crippen molar-refractivity contribution in [1.29, 1.82) is 0 Å². The summed E-state index contributed by atoms with van der Waals surface area (Å²) < 4.78 is 20.0. The van der Waals surface area contributed by atoms with Gasteiger partial charge in [0.1, 0.15) is 28.4 Å². The average molecular weight is 523 g/mol. The lowest BCUT2D eigenvalue weighted by atomic mass is 10.0. The number of hydrogen-bond acceptors (Lipinski definition) is 4. The molecule has 34 heavy (non-hydrogen) atoms. The van der Waals surface area contributed by atoms with E-state index in [9.17, 15) is 0 Å². The average Bonchev–Trinajstić information content (AvgIpc) is 3.24. The summed E-state index contributed by atoms with van der Waals surface area (Å²) in [5, 5.41) is 0. The first kappa shape index (κ1) is 24.3. The summed E-state index contributed by atoms with van der Waals surface area (Å²) in [6.45, 7) is 5.65. The van der Waals surface area contributed by atoms with Crippen LogP contribution in [-0.4, -0.2) is 37.5 Å². The van der Waals surface area contributed by atoms with E-state index < -0.39 is 0 Å². The molecular weight excluding hydrogens is 492 g/mol. The summed E-state index contributed by atoms with van der Waals surface area (Å²) in [5.41, 5.74) is 6.40. The lowest BCUT2D eigenvalue weighted by Crippen LogP contribution is -2.07. The van der Waals surface area contributed by atoms with Crippen LogP contribution in [0.4, 0.5) is 0 Å². The van der Waals surface area contributed by atoms with E-state index >= 15 is 0 Å². The number of para-hydroxylation sites is 1. The van der Waals surface area contributed by atoms with Crippen LogP contribution in [0, 0.1) is 0 Å². The summed E-state index contributed by atoms with van der Waals surface area (Å²) >= 11 is 3.86. The van der Waals surface area contributed by atoms with Crippen LogP contribution in [0.3, 0.4) is 0 Å². The number of nitrogens with zero attached hydrogens (tertiary/aromatic N) is 2. The third kappa shape index (κ3) is 4.70. The Balaban J connectivity index is 1.89. The lowest BCUT2D eigenvalue weighted by Gasteiger charge is -2.14. The number of rotatable bonds is 9. The first-order valence-corrected chi connectivity index (χ1v) is 12.2. The van der Waals surface area contributed by atoms with E-state index in [1.54, 1.807) is 21.3 Å². The van der Waals surface area contributed by atoms with Crippen LogP contribution < -0.4 is 9.47 Å². The van der Waals surface area contributed by atoms with E-state index in [-0.39, 0.29) is 0 Å². The third-order valence-corrected chi connectivity index (χ3v) is 7.03. The maximum absolute atomic E-state index is 5.88. The second-order valence-corrected chi connectivity index (χ2v) is 9.39. The van der Waals surface area contributed by atoms with Gasteiger partial charge < -0.3 is 18.8 Å². The maximum atomic E-state index is 5.88. The van der Waals surface area contributed by atoms with Gasteiger partial charge in [0.25, 0.3) is 0 Å². The van der Waals surface area contributed by atoms with Crippen LogP contribution in [0.5, 0.6) is 11.5 Å². The molecule has 3 aromatic carbocycles. The second kappa shape index (κ2) is 10.6. The fourth-order valence-electron chi connectivity index (χ4n) is 4.27. The molecule has 0 bridgehead atoms. The van der Waals surface area contributed by atoms with Gasteiger partial charge in [-0.3, -0.25) is 0 Å². The Labute approximate surface area is 209 Å². The molecule has 4 rings (SSSR count). The number of fused-ring (bicyclic) bond motifs is 1. The molecule has 0 amide bonds. The number of halogens is 1. The molecule has 1 aromatic heterocycles. The molecule has 0 aliphatic rings. The second-order valence-electron chi connectivity index (χ2n) is 8.59. The van der Waals surface area contributed by atoms with Crippen molar-refractivity contribution >= 4 is 27.0 Å². The van der Waals surface area contributed by atoms with Gasteiger partial charge in [-0.2, -0.15) is 0 Å². The summed E-state index contributed by atoms with van der Waals surface area (Å²) in [6, 6.07) is 18.8. The molecule has 1 heterocycles. The number of hydrogen-bond donors (Lipinski definition) is 0. The molecule has 0 radical (unpaired) electrons. The Hall–Kier alpha value is -2.83. The van der Waals surface area contributed by atoms with Crippen molar-refractivity contribution in [2.45, 2.75) is 32.7 Å². The van der Waals surface area contributed by atoms with Gasteiger partial charge in [0.05, 0.1) is 20.8 Å². The first-order chi connectivity index (χ1) is 16.5. The van der Waals surface area contributed by atoms with E-state index in [0.717, 1.165) is 49.5 Å². The zero-order chi connectivity index (χ0) is 24.2. The molecule has 0 aliphatic heterocycles. The SMILES string of the molecule is COCCn1c(-c2ccc(C(C)C)cc2)nc2c(Br)c(Cc3ccccc3OC)cc(OC)c21. The molecule has 0 unspecified atom stereocenters. The molecule has 5 nitrogen and oxygen atoms in total. The summed E-state index contributed by atoms with van der Waals surface area (Å²) in [5.74, 6) is 3.03. The first-order valence-electron chi connectivity index (χ1n) is 11.4. The molecule has 4 aromatic rings. The van der Waals surface area contributed by atoms with Crippen molar-refractivity contribution in [2.75, 3.05) is 27.9 Å². The molecule has 0 aliphatic carbocycles. The van der Waals surface area contributed by atoms with Gasteiger partial charge in [0, 0.05) is 30.1 Å². The van der Waals surface area contributed by atoms with Crippen LogP contribution in [0.25, 0.3) is 22.4 Å². The van der Waals surface area contributed by atoms with E-state index in [0.29, 0.717) is 25.5 Å². The minimum Gasteiger partial charge on any atom is -0.496 e. The highest BCUT2D eigenvalue weighted by Crippen LogP contribution is 2.39. The van der Waals surface area contributed by atoms with E-state index in [2.05, 4.69) is 70.7 Å². The Morgan fingerprint density at radius 1 is 0.912 bits per heavy atom. The third-order valence-electron chi connectivity index (χ3n) is 6.14. The van der Waals surface area contributed by atoms with Crippen LogP contribution in [0.2, 0.25) is 0 Å². The molecule has 0 saturated heterocycles. The highest BCUT2D eigenvalue weighted by molar-refractivity contribution is 9.10. The zero-order valence-corrected chi connectivity index (χ0v) is 22.0. The van der Waals surface area contributed by atoms with E-state index in [1.807, 2.05) is 18.2 Å². The normalized spacial score (nSPS) is 11.4. The maximum Gasteiger partial charge on any atom is 0.145 e. The highest BCUT2D eigenvalue weighted by Gasteiger charge is 2.22. The van der Waals surface area contributed by atoms with Crippen molar-refractivity contribution in [3.63, 3.8) is 0 Å². The predicted octanol–water partition coefficient (Wildman–Crippen LogP) is 6.84. The monoisotopic (exact) mass is 522 g/mol. The van der Waals surface area contributed by atoms with Gasteiger partial charge in [-0.15, -0.1) is 0 Å². The zero-order valence-electron chi connectivity index (χ0n) is 20.4. The van der Waals surface area contributed by atoms with Crippen molar-refractivity contribution in [3.05, 3.63) is 75.8 Å². The van der Waals surface area contributed by atoms with E-state index in [1.165, 1.54) is 5.56 Å². The molecule has 0 N–H and O–H groups in total. The van der Waals surface area contributed by atoms with Crippen LogP contribution in [0.15, 0.2) is 59.1 Å². The smallest absolute Gasteiger partial charge is 0.145 e. The summed E-state index contributed by atoms with van der Waals surface area (Å²) in [7, 11) is 5.13. The molecule has 0 fully saturated rings. The number of imidazole rings is 1. The van der Waals surface area contributed by atoms with Gasteiger partial charge in [0.15, 0.2) is 0 Å². The molecule has 0 saturated carbocycles. The molecular formula is C28H31BrN2O3. The topological polar surface area (TPSA) is 45.5 Å². The molecule has 6 heteroatoms. The largest absolute Gasteiger partial charge is 0.496 e. The predicted molar refractivity (Wildman–Crippen MR) is 141 cm³/mol. The minimum atomic E-state index is 0.480. The van der Waals surface area contributed by atoms with Crippen molar-refractivity contribution in [1.82, 2.24) is 9.55 Å². The van der Waals surface area contributed by atoms with Gasteiger partial charge in [0.2, 0.25) is 0 Å². The molecule has 178 valence electrons. The van der Waals surface area contributed by atoms with Crippen LogP contribution in [0.1, 0.15) is 36.5 Å². The van der Waals surface area contributed by atoms with Gasteiger partial charge in [-0.25, -0.2) is 4.98 Å². The highest BCUT2D eigenvalue weighted by atomic mass is 79.9. The standard InChI is InChI=1S/C28H31BrN2O3/c1-18(2)19-10-12-20(13-11-19)28-30-26-25(29)22(16-21-8-6-7-9-23(21)33-4)17-24(34-5)27(26)31(28)14-15-32-3/h6-13,17-18H,14-16H2,1-5H3. The van der Waals surface area contributed by atoms with Gasteiger partial charge in [-0.1, -0.05) is 56.3 Å². The summed E-state index contributed by atoms with van der Waals surface area (Å²) in [6.07, 6.45) is 0.695. The lowest BCUT2D eigenvalue weighted by molar-refractivity contribution is 0.188. The van der Waals surface area contributed by atoms with Crippen molar-refractivity contribution in [2.24, 2.45) is 0 Å². The fraction of sp³-hybridized carbons (Fsp3) is 0.321. The number of ether oxygens (including phenoxy) is 3. The quantitative estimate of drug-likeness (QED) is 0.241. The number of methoxy groups -OCH3 is 3. The Morgan fingerprint density at radius 2 is 1.62 bits per heavy atom. The Bertz CT molecular complexity index is 1280. The molecule has 0 spiro atoms. The van der Waals surface area contributed by atoms with E-state index in [4.69, 9.17) is 19.2 Å². The fourth-order valence-corrected chi connectivity index (χ4v) is 4.81. The Kier molecular flexibility index (Phi) is 7.59. The van der Waals surface area contributed by atoms with Crippen LogP contribution >= 0.6 is 15.9 Å². The summed E-state index contributed by atoms with van der Waals surface area (Å²) in [4.78, 5) is 5.11. The van der Waals surface area contributed by atoms with Crippen molar-refractivity contribution < 1.29 is 14.2 Å².